The quantitative estimate of drug-likeness (QED) is 0.0964. The van der Waals surface area contributed by atoms with Gasteiger partial charge in [0.05, 0.1) is 32.4 Å². The number of benzene rings is 3. The minimum atomic E-state index is -4.31. The average molecular weight is 590 g/mol. The molecule has 11 nitrogen and oxygen atoms in total. The van der Waals surface area contributed by atoms with Crippen LogP contribution in [0.15, 0.2) is 86.4 Å². The number of imidazole rings is 1. The van der Waals surface area contributed by atoms with Gasteiger partial charge in [0.25, 0.3) is 11.6 Å². The van der Waals surface area contributed by atoms with Crippen LogP contribution in [0.2, 0.25) is 0 Å². The van der Waals surface area contributed by atoms with Crippen LogP contribution in [0.3, 0.4) is 0 Å². The second-order valence-corrected chi connectivity index (χ2v) is 10.5. The number of halogens is 1. The lowest BCUT2D eigenvalue weighted by Crippen LogP contribution is -2.19. The SMILES string of the molecule is O=C(CSc1nc2ccccc2[nH]1)N/N=C\c1ccc(OS(=O)(=O)c2cccc([N+](=O)[O-])c2)c(Br)c1. The summed E-state index contributed by atoms with van der Waals surface area (Å²) in [5, 5.41) is 15.4. The molecule has 36 heavy (non-hydrogen) atoms. The summed E-state index contributed by atoms with van der Waals surface area (Å²) in [6, 6.07) is 16.6. The number of para-hydroxylation sites is 2. The van der Waals surface area contributed by atoms with Crippen LogP contribution < -0.4 is 9.61 Å². The number of rotatable bonds is 9. The van der Waals surface area contributed by atoms with E-state index in [1.54, 1.807) is 0 Å². The van der Waals surface area contributed by atoms with E-state index in [0.717, 1.165) is 17.1 Å². The zero-order valence-electron chi connectivity index (χ0n) is 18.1. The van der Waals surface area contributed by atoms with Gasteiger partial charge in [-0.15, -0.1) is 0 Å². The topological polar surface area (TPSA) is 157 Å². The van der Waals surface area contributed by atoms with Gasteiger partial charge in [0.2, 0.25) is 0 Å². The van der Waals surface area contributed by atoms with Gasteiger partial charge in [0.15, 0.2) is 10.9 Å². The molecule has 4 aromatic rings. The summed E-state index contributed by atoms with van der Waals surface area (Å²) in [5.74, 6) is -0.257. The number of hydrogen-bond acceptors (Lipinski definition) is 9. The fraction of sp³-hybridized carbons (Fsp3) is 0.0455. The van der Waals surface area contributed by atoms with Crippen LogP contribution in [0.5, 0.6) is 5.75 Å². The first-order valence-corrected chi connectivity index (χ1v) is 13.3. The molecular weight excluding hydrogens is 574 g/mol. The van der Waals surface area contributed by atoms with Crippen molar-refractivity contribution in [1.82, 2.24) is 15.4 Å². The van der Waals surface area contributed by atoms with Crippen LogP contribution in [0.25, 0.3) is 11.0 Å². The van der Waals surface area contributed by atoms with Gasteiger partial charge in [-0.3, -0.25) is 14.9 Å². The molecule has 184 valence electrons. The molecule has 0 aliphatic heterocycles. The van der Waals surface area contributed by atoms with Crippen molar-refractivity contribution >= 4 is 66.7 Å². The van der Waals surface area contributed by atoms with Crippen molar-refractivity contribution in [3.8, 4) is 5.75 Å². The number of hydrazone groups is 1. The van der Waals surface area contributed by atoms with Crippen molar-refractivity contribution in [3.05, 3.63) is 86.9 Å². The van der Waals surface area contributed by atoms with Crippen molar-refractivity contribution in [2.75, 3.05) is 5.75 Å². The van der Waals surface area contributed by atoms with Gasteiger partial charge in [-0.1, -0.05) is 30.0 Å². The molecule has 2 N–H and O–H groups in total. The molecule has 0 fully saturated rings. The zero-order chi connectivity index (χ0) is 25.7. The third-order valence-electron chi connectivity index (χ3n) is 4.58. The number of fused-ring (bicyclic) bond motifs is 1. The average Bonchev–Trinajstić information content (AvgIpc) is 3.27. The minimum absolute atomic E-state index is 0.0232. The van der Waals surface area contributed by atoms with Gasteiger partial charge in [-0.25, -0.2) is 10.4 Å². The summed E-state index contributed by atoms with van der Waals surface area (Å²) in [5.41, 5.74) is 4.29. The van der Waals surface area contributed by atoms with Crippen LogP contribution >= 0.6 is 27.7 Å². The van der Waals surface area contributed by atoms with E-state index < -0.39 is 15.0 Å². The molecule has 4 rings (SSSR count). The fourth-order valence-corrected chi connectivity index (χ4v) is 5.18. The van der Waals surface area contributed by atoms with Crippen molar-refractivity contribution in [1.29, 1.82) is 0 Å². The Kier molecular flexibility index (Phi) is 7.67. The normalized spacial score (nSPS) is 11.6. The molecule has 0 saturated carbocycles. The summed E-state index contributed by atoms with van der Waals surface area (Å²) in [6.07, 6.45) is 1.38. The molecule has 0 spiro atoms. The molecule has 0 bridgehead atoms. The first-order chi connectivity index (χ1) is 17.2. The molecule has 0 saturated heterocycles. The number of nitrogens with one attached hydrogen (secondary N) is 2. The number of carbonyl (C=O) groups excluding carboxylic acids is 1. The summed E-state index contributed by atoms with van der Waals surface area (Å²) < 4.78 is 30.5. The lowest BCUT2D eigenvalue weighted by atomic mass is 10.2. The molecule has 1 heterocycles. The van der Waals surface area contributed by atoms with Crippen molar-refractivity contribution in [2.45, 2.75) is 10.1 Å². The van der Waals surface area contributed by atoms with E-state index in [1.165, 1.54) is 54.4 Å². The highest BCUT2D eigenvalue weighted by Gasteiger charge is 2.21. The van der Waals surface area contributed by atoms with E-state index in [4.69, 9.17) is 4.18 Å². The molecule has 0 aliphatic carbocycles. The smallest absolute Gasteiger partial charge is 0.339 e. The van der Waals surface area contributed by atoms with Crippen molar-refractivity contribution in [3.63, 3.8) is 0 Å². The standard InChI is InChI=1S/C22H16BrN5O6S2/c23-17-10-14(8-9-20(17)34-36(32,33)16-5-3-4-15(11-16)28(30)31)12-24-27-21(29)13-35-22-25-18-6-1-2-7-19(18)26-22/h1-12H,13H2,(H,25,26)(H,27,29)/b24-12-. The third-order valence-corrected chi connectivity index (χ3v) is 7.31. The predicted octanol–water partition coefficient (Wildman–Crippen LogP) is 4.24. The minimum Gasteiger partial charge on any atom is -0.378 e. The molecule has 0 aliphatic rings. The van der Waals surface area contributed by atoms with Gasteiger partial charge >= 0.3 is 10.1 Å². The number of nitro benzene ring substituents is 1. The highest BCUT2D eigenvalue weighted by atomic mass is 79.9. The Bertz CT molecular complexity index is 1560. The summed E-state index contributed by atoms with van der Waals surface area (Å²) in [4.78, 5) is 29.5. The number of H-pyrrole nitrogens is 1. The van der Waals surface area contributed by atoms with E-state index in [1.807, 2.05) is 24.3 Å². The number of amides is 1. The van der Waals surface area contributed by atoms with E-state index in [9.17, 15) is 23.3 Å². The van der Waals surface area contributed by atoms with Crippen LogP contribution in [0.4, 0.5) is 5.69 Å². The second kappa shape index (κ2) is 10.9. The molecule has 0 atom stereocenters. The highest BCUT2D eigenvalue weighted by Crippen LogP contribution is 2.29. The Labute approximate surface area is 217 Å². The Morgan fingerprint density at radius 1 is 1.19 bits per heavy atom. The van der Waals surface area contributed by atoms with Crippen LogP contribution in [-0.4, -0.2) is 41.2 Å². The molecule has 14 heteroatoms. The summed E-state index contributed by atoms with van der Waals surface area (Å²) in [6.45, 7) is 0. The first kappa shape index (κ1) is 25.3. The monoisotopic (exact) mass is 589 g/mol. The lowest BCUT2D eigenvalue weighted by molar-refractivity contribution is -0.385. The zero-order valence-corrected chi connectivity index (χ0v) is 21.3. The van der Waals surface area contributed by atoms with Gasteiger partial charge < -0.3 is 9.17 Å². The van der Waals surface area contributed by atoms with Crippen molar-refractivity contribution < 1.29 is 22.3 Å². The maximum Gasteiger partial charge on any atom is 0.339 e. The maximum absolute atomic E-state index is 12.5. The number of thioether (sulfide) groups is 1. The number of nitro groups is 1. The van der Waals surface area contributed by atoms with Gasteiger partial charge in [-0.2, -0.15) is 13.5 Å². The number of aromatic amines is 1. The largest absolute Gasteiger partial charge is 0.378 e. The van der Waals surface area contributed by atoms with E-state index in [2.05, 4.69) is 36.4 Å². The fourth-order valence-electron chi connectivity index (χ4n) is 2.93. The molecule has 0 radical (unpaired) electrons. The third kappa shape index (κ3) is 6.27. The summed E-state index contributed by atoms with van der Waals surface area (Å²) in [7, 11) is -4.31. The lowest BCUT2D eigenvalue weighted by Gasteiger charge is -2.09. The van der Waals surface area contributed by atoms with Crippen LogP contribution in [-0.2, 0) is 14.9 Å². The Morgan fingerprint density at radius 3 is 2.75 bits per heavy atom. The summed E-state index contributed by atoms with van der Waals surface area (Å²) >= 11 is 4.48. The number of non-ortho nitro benzene ring substituents is 1. The van der Waals surface area contributed by atoms with Crippen molar-refractivity contribution in [2.24, 2.45) is 5.10 Å². The molecule has 1 amide bonds. The van der Waals surface area contributed by atoms with Crippen LogP contribution in [0.1, 0.15) is 5.56 Å². The Hall–Kier alpha value is -3.75. The Balaban J connectivity index is 1.34. The first-order valence-electron chi connectivity index (χ1n) is 10.1. The second-order valence-electron chi connectivity index (χ2n) is 7.12. The number of hydrogen-bond donors (Lipinski definition) is 2. The number of aromatic nitrogens is 2. The molecule has 3 aromatic carbocycles. The van der Waals surface area contributed by atoms with Gasteiger partial charge in [0.1, 0.15) is 4.90 Å². The van der Waals surface area contributed by atoms with E-state index >= 15 is 0 Å². The van der Waals surface area contributed by atoms with E-state index in [0.29, 0.717) is 15.2 Å². The molecular formula is C22H16BrN5O6S2. The van der Waals surface area contributed by atoms with Crippen LogP contribution in [0, 0.1) is 10.1 Å². The van der Waals surface area contributed by atoms with E-state index in [-0.39, 0.29) is 28.0 Å². The Morgan fingerprint density at radius 2 is 2.00 bits per heavy atom. The maximum atomic E-state index is 12.5. The molecule has 0 unspecified atom stereocenters. The number of nitrogens with zero attached hydrogens (tertiary/aromatic N) is 3. The van der Waals surface area contributed by atoms with Gasteiger partial charge in [-0.05, 0) is 57.9 Å². The molecule has 1 aromatic heterocycles. The number of carbonyl (C=O) groups is 1. The predicted molar refractivity (Wildman–Crippen MR) is 138 cm³/mol. The van der Waals surface area contributed by atoms with Gasteiger partial charge in [0, 0.05) is 12.1 Å². The highest BCUT2D eigenvalue weighted by molar-refractivity contribution is 9.10.